The van der Waals surface area contributed by atoms with Crippen molar-refractivity contribution in [2.75, 3.05) is 30.3 Å². The molecule has 3 N–H and O–H groups in total. The molecule has 190 valence electrons. The monoisotopic (exact) mass is 523 g/mol. The number of anilines is 2. The molecule has 1 aliphatic rings. The van der Waals surface area contributed by atoms with Gasteiger partial charge in [-0.3, -0.25) is 0 Å². The molecule has 1 fully saturated rings. The third-order valence-corrected chi connectivity index (χ3v) is 7.20. The zero-order valence-electron chi connectivity index (χ0n) is 18.0. The number of halogens is 6. The Kier molecular flexibility index (Phi) is 6.95. The van der Waals surface area contributed by atoms with Crippen LogP contribution in [0.15, 0.2) is 41.6 Å². The molecule has 0 unspecified atom stereocenters. The number of nitrogen functional groups attached to an aromatic ring is 1. The van der Waals surface area contributed by atoms with E-state index in [1.165, 1.54) is 6.92 Å². The number of aromatic nitrogens is 2. The van der Waals surface area contributed by atoms with Crippen LogP contribution in [0.5, 0.6) is 0 Å². The molecular weight excluding hydrogens is 504 g/mol. The van der Waals surface area contributed by atoms with Gasteiger partial charge in [0.25, 0.3) is 5.60 Å². The van der Waals surface area contributed by atoms with E-state index in [0.29, 0.717) is 12.1 Å². The summed E-state index contributed by atoms with van der Waals surface area (Å²) in [6.07, 6.45) is -9.92. The van der Waals surface area contributed by atoms with Crippen LogP contribution in [-0.2, 0) is 15.6 Å². The lowest BCUT2D eigenvalue weighted by Crippen LogP contribution is -2.55. The van der Waals surface area contributed by atoms with Gasteiger partial charge in [0, 0.05) is 30.9 Å². The van der Waals surface area contributed by atoms with Crippen LogP contribution in [0, 0.1) is 11.8 Å². The highest BCUT2D eigenvalue weighted by molar-refractivity contribution is 7.89. The first-order valence-electron chi connectivity index (χ1n) is 9.86. The minimum Gasteiger partial charge on any atom is -0.369 e. The van der Waals surface area contributed by atoms with Gasteiger partial charge in [-0.05, 0) is 19.1 Å². The summed E-state index contributed by atoms with van der Waals surface area (Å²) in [6.45, 7) is 1.31. The fourth-order valence-corrected chi connectivity index (χ4v) is 4.90. The molecule has 1 aromatic carbocycles. The van der Waals surface area contributed by atoms with Crippen molar-refractivity contribution in [3.05, 3.63) is 42.2 Å². The topological polar surface area (TPSA) is 113 Å². The Morgan fingerprint density at radius 1 is 1.03 bits per heavy atom. The Morgan fingerprint density at radius 3 is 2.06 bits per heavy atom. The van der Waals surface area contributed by atoms with Gasteiger partial charge in [-0.2, -0.15) is 30.6 Å². The summed E-state index contributed by atoms with van der Waals surface area (Å²) in [6, 6.07) is 2.26. The molecule has 3 rings (SSSR count). The number of benzene rings is 1. The first-order valence-corrected chi connectivity index (χ1v) is 11.3. The van der Waals surface area contributed by atoms with Crippen LogP contribution in [0.3, 0.4) is 0 Å². The van der Waals surface area contributed by atoms with E-state index in [9.17, 15) is 39.9 Å². The molecule has 1 saturated heterocycles. The van der Waals surface area contributed by atoms with Crippen molar-refractivity contribution in [2.24, 2.45) is 0 Å². The second kappa shape index (κ2) is 9.17. The number of sulfonamides is 1. The highest BCUT2D eigenvalue weighted by Gasteiger charge is 2.71. The maximum Gasteiger partial charge on any atom is 0.430 e. The molecule has 0 radical (unpaired) electrons. The van der Waals surface area contributed by atoms with E-state index in [1.807, 2.05) is 0 Å². The number of alkyl halides is 6. The van der Waals surface area contributed by atoms with Crippen LogP contribution in [-0.4, -0.2) is 65.8 Å². The predicted octanol–water partition coefficient (Wildman–Crippen LogP) is 2.27. The number of nitrogens with two attached hydrogens (primary N) is 1. The lowest BCUT2D eigenvalue weighted by molar-refractivity contribution is -0.376. The third kappa shape index (κ3) is 4.86. The standard InChI is InChI=1S/C20H19F6N5O3S/c1-2-3-15-12-30(35(33,34)16-10-28-17(27)29-11-16)8-9-31(15)14-6-4-13(5-7-14)18(32,19(21,22)23)20(24,25)26/h4-7,10-11,15,32H,8-9,12H2,1H3,(H2,27,28,29)/t15-/m0/s1. The predicted molar refractivity (Wildman–Crippen MR) is 112 cm³/mol. The molecule has 1 aliphatic heterocycles. The second-order valence-electron chi connectivity index (χ2n) is 7.50. The minimum atomic E-state index is -6.01. The van der Waals surface area contributed by atoms with Gasteiger partial charge < -0.3 is 15.7 Å². The average molecular weight is 523 g/mol. The van der Waals surface area contributed by atoms with E-state index in [1.54, 1.807) is 4.90 Å². The summed E-state index contributed by atoms with van der Waals surface area (Å²) in [5.41, 5.74) is -0.869. The van der Waals surface area contributed by atoms with Gasteiger partial charge >= 0.3 is 12.4 Å². The van der Waals surface area contributed by atoms with Crippen LogP contribution in [0.4, 0.5) is 38.0 Å². The van der Waals surface area contributed by atoms with Gasteiger partial charge in [0.15, 0.2) is 0 Å². The largest absolute Gasteiger partial charge is 0.430 e. The summed E-state index contributed by atoms with van der Waals surface area (Å²) in [4.78, 5) is 8.67. The van der Waals surface area contributed by atoms with E-state index in [0.717, 1.165) is 28.8 Å². The number of piperazine rings is 1. The molecule has 0 bridgehead atoms. The fraction of sp³-hybridized carbons (Fsp3) is 0.400. The molecule has 2 aromatic rings. The summed E-state index contributed by atoms with van der Waals surface area (Å²) < 4.78 is 106. The molecule has 0 spiro atoms. The van der Waals surface area contributed by atoms with E-state index in [4.69, 9.17) is 5.73 Å². The van der Waals surface area contributed by atoms with Crippen LogP contribution < -0.4 is 10.6 Å². The molecule has 0 saturated carbocycles. The van der Waals surface area contributed by atoms with Crippen molar-refractivity contribution >= 4 is 21.7 Å². The fourth-order valence-electron chi connectivity index (χ4n) is 3.57. The van der Waals surface area contributed by atoms with Crippen molar-refractivity contribution in [1.82, 2.24) is 14.3 Å². The quantitative estimate of drug-likeness (QED) is 0.467. The first kappa shape index (κ1) is 26.5. The van der Waals surface area contributed by atoms with Crippen LogP contribution in [0.1, 0.15) is 12.5 Å². The molecular formula is C20H19F6N5O3S. The van der Waals surface area contributed by atoms with E-state index in [2.05, 4.69) is 21.8 Å². The minimum absolute atomic E-state index is 0.0244. The smallest absolute Gasteiger partial charge is 0.369 e. The van der Waals surface area contributed by atoms with Crippen molar-refractivity contribution in [3.8, 4) is 11.8 Å². The van der Waals surface area contributed by atoms with Crippen LogP contribution >= 0.6 is 0 Å². The first-order chi connectivity index (χ1) is 16.1. The molecule has 0 amide bonds. The highest BCUT2D eigenvalue weighted by Crippen LogP contribution is 2.50. The normalized spacial score (nSPS) is 18.2. The second-order valence-corrected chi connectivity index (χ2v) is 9.43. The molecule has 2 heterocycles. The van der Waals surface area contributed by atoms with Crippen molar-refractivity contribution in [2.45, 2.75) is 35.8 Å². The molecule has 1 aromatic heterocycles. The zero-order chi connectivity index (χ0) is 26.2. The summed E-state index contributed by atoms with van der Waals surface area (Å²) in [5.74, 6) is 5.32. The van der Waals surface area contributed by atoms with Gasteiger partial charge in [0.2, 0.25) is 16.0 Å². The Labute approximate surface area is 196 Å². The maximum atomic E-state index is 13.1. The molecule has 8 nitrogen and oxygen atoms in total. The number of nitrogens with zero attached hydrogens (tertiary/aromatic N) is 4. The number of aliphatic hydroxyl groups is 1. The van der Waals surface area contributed by atoms with Crippen molar-refractivity contribution in [3.63, 3.8) is 0 Å². The number of hydrogen-bond donors (Lipinski definition) is 2. The van der Waals surface area contributed by atoms with Crippen molar-refractivity contribution < 1.29 is 39.9 Å². The Morgan fingerprint density at radius 2 is 1.57 bits per heavy atom. The lowest BCUT2D eigenvalue weighted by atomic mass is 9.92. The maximum absolute atomic E-state index is 13.1. The number of rotatable bonds is 4. The van der Waals surface area contributed by atoms with Gasteiger partial charge in [-0.1, -0.05) is 18.1 Å². The van der Waals surface area contributed by atoms with Gasteiger partial charge in [0.05, 0.1) is 12.4 Å². The molecule has 0 aliphatic carbocycles. The Hall–Kier alpha value is -3.09. The van der Waals surface area contributed by atoms with Crippen LogP contribution in [0.2, 0.25) is 0 Å². The Balaban J connectivity index is 1.89. The highest BCUT2D eigenvalue weighted by atomic mass is 32.2. The van der Waals surface area contributed by atoms with E-state index < -0.39 is 39.6 Å². The Bertz CT molecular complexity index is 1210. The SMILES string of the molecule is CC#C[C@H]1CN(S(=O)(=O)c2cnc(N)nc2)CCN1c1ccc(C(O)(C(F)(F)F)C(F)(F)F)cc1. The molecule has 35 heavy (non-hydrogen) atoms. The summed E-state index contributed by atoms with van der Waals surface area (Å²) >= 11 is 0. The van der Waals surface area contributed by atoms with E-state index >= 15 is 0 Å². The zero-order valence-corrected chi connectivity index (χ0v) is 18.8. The lowest BCUT2D eigenvalue weighted by Gasteiger charge is -2.40. The molecule has 1 atom stereocenters. The average Bonchev–Trinajstić information content (AvgIpc) is 2.77. The summed E-state index contributed by atoms with van der Waals surface area (Å²) in [7, 11) is -4.02. The van der Waals surface area contributed by atoms with Gasteiger partial charge in [-0.15, -0.1) is 5.92 Å². The van der Waals surface area contributed by atoms with E-state index in [-0.39, 0.29) is 36.2 Å². The van der Waals surface area contributed by atoms with Crippen molar-refractivity contribution in [1.29, 1.82) is 0 Å². The summed E-state index contributed by atoms with van der Waals surface area (Å²) in [5, 5.41) is 9.57. The number of hydrogen-bond acceptors (Lipinski definition) is 7. The van der Waals surface area contributed by atoms with Crippen LogP contribution in [0.25, 0.3) is 0 Å². The van der Waals surface area contributed by atoms with Gasteiger partial charge in [0.1, 0.15) is 10.9 Å². The third-order valence-electron chi connectivity index (χ3n) is 5.38. The van der Waals surface area contributed by atoms with Gasteiger partial charge in [-0.25, -0.2) is 18.4 Å². The molecule has 15 heteroatoms.